The van der Waals surface area contributed by atoms with Gasteiger partial charge in [0.1, 0.15) is 5.75 Å². The van der Waals surface area contributed by atoms with Crippen molar-refractivity contribution >= 4 is 11.9 Å². The molecule has 0 radical (unpaired) electrons. The minimum Gasteiger partial charge on any atom is -0.496 e. The molecule has 5 heteroatoms. The number of benzene rings is 1. The van der Waals surface area contributed by atoms with Gasteiger partial charge in [0.2, 0.25) is 0 Å². The molecule has 0 unspecified atom stereocenters. The van der Waals surface area contributed by atoms with Crippen molar-refractivity contribution in [3.8, 4) is 5.75 Å². The van der Waals surface area contributed by atoms with Gasteiger partial charge >= 0.3 is 5.97 Å². The highest BCUT2D eigenvalue weighted by atomic mass is 16.5. The van der Waals surface area contributed by atoms with Gasteiger partial charge in [-0.05, 0) is 31.9 Å². The van der Waals surface area contributed by atoms with Crippen LogP contribution in [-0.4, -0.2) is 44.1 Å². The highest BCUT2D eigenvalue weighted by Gasteiger charge is 2.29. The van der Waals surface area contributed by atoms with Crippen molar-refractivity contribution < 1.29 is 19.1 Å². The molecule has 0 N–H and O–H groups in total. The van der Waals surface area contributed by atoms with Crippen LogP contribution in [0.3, 0.4) is 0 Å². The number of likely N-dealkylation sites (tertiary alicyclic amines) is 1. The summed E-state index contributed by atoms with van der Waals surface area (Å²) in [5.41, 5.74) is 1.60. The zero-order valence-corrected chi connectivity index (χ0v) is 12.7. The third-order valence-electron chi connectivity index (χ3n) is 3.90. The summed E-state index contributed by atoms with van der Waals surface area (Å²) in [5.74, 6) is 0.258. The first kappa shape index (κ1) is 15.4. The van der Waals surface area contributed by atoms with E-state index >= 15 is 0 Å². The zero-order chi connectivity index (χ0) is 15.4. The molecule has 1 fully saturated rings. The molecule has 0 aromatic heterocycles. The van der Waals surface area contributed by atoms with Crippen LogP contribution in [0.4, 0.5) is 0 Å². The van der Waals surface area contributed by atoms with E-state index in [-0.39, 0.29) is 17.8 Å². The molecule has 0 spiro atoms. The third kappa shape index (κ3) is 3.35. The maximum atomic E-state index is 12.6. The fourth-order valence-corrected chi connectivity index (χ4v) is 2.64. The predicted octanol–water partition coefficient (Wildman–Crippen LogP) is 2.03. The third-order valence-corrected chi connectivity index (χ3v) is 3.90. The molecule has 5 nitrogen and oxygen atoms in total. The summed E-state index contributed by atoms with van der Waals surface area (Å²) in [6, 6.07) is 5.57. The summed E-state index contributed by atoms with van der Waals surface area (Å²) in [4.78, 5) is 25.9. The molecule has 2 rings (SSSR count). The fraction of sp³-hybridized carbons (Fsp3) is 0.500. The van der Waals surface area contributed by atoms with E-state index in [4.69, 9.17) is 9.47 Å². The van der Waals surface area contributed by atoms with E-state index in [2.05, 4.69) is 0 Å². The number of carbonyl (C=O) groups excluding carboxylic acids is 2. The van der Waals surface area contributed by atoms with E-state index in [0.29, 0.717) is 37.2 Å². The maximum Gasteiger partial charge on any atom is 0.308 e. The average Bonchev–Trinajstić information content (AvgIpc) is 2.53. The first-order valence-corrected chi connectivity index (χ1v) is 7.08. The fourth-order valence-electron chi connectivity index (χ4n) is 2.64. The number of piperidine rings is 1. The summed E-state index contributed by atoms with van der Waals surface area (Å²) in [6.45, 7) is 3.07. The molecule has 1 aromatic rings. The van der Waals surface area contributed by atoms with Crippen molar-refractivity contribution in [2.24, 2.45) is 5.92 Å². The second-order valence-corrected chi connectivity index (χ2v) is 5.29. The first-order valence-electron chi connectivity index (χ1n) is 7.08. The normalized spacial score (nSPS) is 15.7. The number of ether oxygens (including phenoxy) is 2. The van der Waals surface area contributed by atoms with Crippen LogP contribution in [0, 0.1) is 12.8 Å². The molecule has 1 aliphatic heterocycles. The smallest absolute Gasteiger partial charge is 0.308 e. The maximum absolute atomic E-state index is 12.6. The van der Waals surface area contributed by atoms with Gasteiger partial charge in [0.05, 0.1) is 25.7 Å². The summed E-state index contributed by atoms with van der Waals surface area (Å²) in [7, 11) is 2.96. The van der Waals surface area contributed by atoms with E-state index in [1.807, 2.05) is 25.1 Å². The van der Waals surface area contributed by atoms with Crippen LogP contribution in [0.5, 0.6) is 5.75 Å². The number of carbonyl (C=O) groups is 2. The van der Waals surface area contributed by atoms with Gasteiger partial charge in [-0.2, -0.15) is 0 Å². The van der Waals surface area contributed by atoms with E-state index in [9.17, 15) is 9.59 Å². The van der Waals surface area contributed by atoms with Gasteiger partial charge in [-0.15, -0.1) is 0 Å². The number of rotatable bonds is 3. The number of esters is 1. The van der Waals surface area contributed by atoms with E-state index < -0.39 is 0 Å². The van der Waals surface area contributed by atoms with E-state index in [1.54, 1.807) is 12.0 Å². The van der Waals surface area contributed by atoms with Crippen molar-refractivity contribution in [1.29, 1.82) is 0 Å². The Morgan fingerprint density at radius 2 is 1.86 bits per heavy atom. The van der Waals surface area contributed by atoms with Crippen LogP contribution >= 0.6 is 0 Å². The second-order valence-electron chi connectivity index (χ2n) is 5.29. The number of amides is 1. The number of methoxy groups -OCH3 is 2. The molecule has 114 valence electrons. The largest absolute Gasteiger partial charge is 0.496 e. The topological polar surface area (TPSA) is 55.8 Å². The first-order chi connectivity index (χ1) is 10.1. The quantitative estimate of drug-likeness (QED) is 0.800. The van der Waals surface area contributed by atoms with Gasteiger partial charge in [0, 0.05) is 13.1 Å². The van der Waals surface area contributed by atoms with Crippen molar-refractivity contribution in [3.63, 3.8) is 0 Å². The van der Waals surface area contributed by atoms with Gasteiger partial charge in [-0.25, -0.2) is 0 Å². The van der Waals surface area contributed by atoms with E-state index in [1.165, 1.54) is 7.11 Å². The van der Waals surface area contributed by atoms with Gasteiger partial charge < -0.3 is 14.4 Å². The average molecular weight is 291 g/mol. The lowest BCUT2D eigenvalue weighted by molar-refractivity contribution is -0.146. The van der Waals surface area contributed by atoms with Crippen molar-refractivity contribution in [2.45, 2.75) is 19.8 Å². The molecule has 0 aliphatic carbocycles. The van der Waals surface area contributed by atoms with Gasteiger partial charge in [-0.3, -0.25) is 9.59 Å². The van der Waals surface area contributed by atoms with Crippen LogP contribution in [-0.2, 0) is 9.53 Å². The van der Waals surface area contributed by atoms with Crippen molar-refractivity contribution in [2.75, 3.05) is 27.3 Å². The second kappa shape index (κ2) is 6.61. The molecule has 1 saturated heterocycles. The zero-order valence-electron chi connectivity index (χ0n) is 12.7. The molecule has 0 atom stereocenters. The summed E-state index contributed by atoms with van der Waals surface area (Å²) < 4.78 is 10.0. The predicted molar refractivity (Wildman–Crippen MR) is 78.4 cm³/mol. The minimum atomic E-state index is -0.185. The molecule has 0 saturated carbocycles. The lowest BCUT2D eigenvalue weighted by Crippen LogP contribution is -2.40. The minimum absolute atomic E-state index is 0.0427. The Bertz CT molecular complexity index is 533. The highest BCUT2D eigenvalue weighted by molar-refractivity contribution is 5.97. The van der Waals surface area contributed by atoms with E-state index in [0.717, 1.165) is 5.56 Å². The standard InChI is InChI=1S/C16H21NO4/c1-11-4-5-14(20-2)13(10-11)15(18)17-8-6-12(7-9-17)16(19)21-3/h4-5,10,12H,6-9H2,1-3H3. The van der Waals surface area contributed by atoms with Gasteiger partial charge in [0.25, 0.3) is 5.91 Å². The number of nitrogens with zero attached hydrogens (tertiary/aromatic N) is 1. The van der Waals surface area contributed by atoms with Crippen molar-refractivity contribution in [3.05, 3.63) is 29.3 Å². The molecule has 1 amide bonds. The number of aryl methyl sites for hydroxylation is 1. The highest BCUT2D eigenvalue weighted by Crippen LogP contribution is 2.25. The Hall–Kier alpha value is -2.04. The Kier molecular flexibility index (Phi) is 4.83. The molecule has 0 bridgehead atoms. The summed E-state index contributed by atoms with van der Waals surface area (Å²) in [6.07, 6.45) is 1.29. The Morgan fingerprint density at radius 1 is 1.19 bits per heavy atom. The molecule has 1 aromatic carbocycles. The van der Waals surface area contributed by atoms with Crippen LogP contribution in [0.2, 0.25) is 0 Å². The molecular weight excluding hydrogens is 270 g/mol. The van der Waals surface area contributed by atoms with Gasteiger partial charge in [-0.1, -0.05) is 11.6 Å². The van der Waals surface area contributed by atoms with Crippen LogP contribution in [0.25, 0.3) is 0 Å². The summed E-state index contributed by atoms with van der Waals surface area (Å²) in [5, 5.41) is 0. The van der Waals surface area contributed by atoms with Crippen LogP contribution in [0.1, 0.15) is 28.8 Å². The molecule has 21 heavy (non-hydrogen) atoms. The Balaban J connectivity index is 2.09. The monoisotopic (exact) mass is 291 g/mol. The number of hydrogen-bond acceptors (Lipinski definition) is 4. The molecule has 1 heterocycles. The Labute approximate surface area is 124 Å². The van der Waals surface area contributed by atoms with Gasteiger partial charge in [0.15, 0.2) is 0 Å². The lowest BCUT2D eigenvalue weighted by atomic mass is 9.96. The van der Waals surface area contributed by atoms with Crippen LogP contribution < -0.4 is 4.74 Å². The van der Waals surface area contributed by atoms with Crippen molar-refractivity contribution in [1.82, 2.24) is 4.90 Å². The molecular formula is C16H21NO4. The Morgan fingerprint density at radius 3 is 2.43 bits per heavy atom. The van der Waals surface area contributed by atoms with Crippen LogP contribution in [0.15, 0.2) is 18.2 Å². The SMILES string of the molecule is COC(=O)C1CCN(C(=O)c2cc(C)ccc2OC)CC1. The lowest BCUT2D eigenvalue weighted by Gasteiger charge is -2.31. The molecule has 1 aliphatic rings. The number of hydrogen-bond donors (Lipinski definition) is 0. The summed E-state index contributed by atoms with van der Waals surface area (Å²) >= 11 is 0.